The minimum Gasteiger partial charge on any atom is -0.249 e. The van der Waals surface area contributed by atoms with Gasteiger partial charge in [0, 0.05) is 11.6 Å². The minimum atomic E-state index is 0.975. The number of hydrogen-bond acceptors (Lipinski definition) is 1. The number of pyridine rings is 1. The van der Waals surface area contributed by atoms with Crippen LogP contribution in [0.4, 0.5) is 0 Å². The van der Waals surface area contributed by atoms with Crippen molar-refractivity contribution >= 4 is 26.7 Å². The van der Waals surface area contributed by atoms with Crippen molar-refractivity contribution in [1.82, 2.24) is 4.98 Å². The highest BCUT2D eigenvalue weighted by molar-refractivity contribution is 9.10. The van der Waals surface area contributed by atoms with Gasteiger partial charge in [0.05, 0.1) is 0 Å². The molecular weight excluding hydrogens is 322 g/mol. The van der Waals surface area contributed by atoms with Crippen LogP contribution in [0.15, 0.2) is 53.3 Å². The Balaban J connectivity index is 1.93. The molecule has 0 atom stereocenters. The number of hydrogen-bond donors (Lipinski definition) is 0. The van der Waals surface area contributed by atoms with E-state index in [9.17, 15) is 0 Å². The zero-order valence-electron chi connectivity index (χ0n) is 11.8. The fourth-order valence-corrected chi connectivity index (χ4v) is 3.83. The first-order valence-corrected chi connectivity index (χ1v) is 8.23. The number of benzene rings is 2. The van der Waals surface area contributed by atoms with E-state index in [1.165, 1.54) is 33.0 Å². The van der Waals surface area contributed by atoms with Gasteiger partial charge in [-0.05, 0) is 75.3 Å². The molecule has 4 aliphatic rings. The molecule has 2 aromatic carbocycles. The van der Waals surface area contributed by atoms with E-state index in [-0.39, 0.29) is 0 Å². The van der Waals surface area contributed by atoms with Gasteiger partial charge in [0.25, 0.3) is 0 Å². The van der Waals surface area contributed by atoms with Gasteiger partial charge in [0.1, 0.15) is 4.60 Å². The second kappa shape index (κ2) is 5.27. The third-order valence-corrected chi connectivity index (χ3v) is 5.05. The van der Waals surface area contributed by atoms with Crippen LogP contribution in [0.5, 0.6) is 0 Å². The van der Waals surface area contributed by atoms with E-state index in [4.69, 9.17) is 0 Å². The largest absolute Gasteiger partial charge is 0.249 e. The first kappa shape index (κ1) is 13.0. The van der Waals surface area contributed by atoms with Gasteiger partial charge in [-0.2, -0.15) is 0 Å². The molecule has 0 saturated heterocycles. The molecular formula is C19H16BrN. The number of nitrogens with zero attached hydrogens (tertiary/aromatic N) is 1. The number of aromatic nitrogens is 1. The summed E-state index contributed by atoms with van der Waals surface area (Å²) < 4.78 is 0.975. The standard InChI is InChI=1S/C19H16BrN/c20-19-18-16-8-6-14-3-1-13(2-4-14)5-7-15(9-10-16)17(18)11-12-21-19/h1-4,9-12H,5-8H2. The van der Waals surface area contributed by atoms with E-state index in [1.807, 2.05) is 6.20 Å². The molecule has 104 valence electrons. The molecule has 0 saturated carbocycles. The predicted molar refractivity (Wildman–Crippen MR) is 90.7 cm³/mol. The smallest absolute Gasteiger partial charge is 0.114 e. The highest BCUT2D eigenvalue weighted by Crippen LogP contribution is 2.30. The number of halogens is 1. The van der Waals surface area contributed by atoms with E-state index >= 15 is 0 Å². The zero-order chi connectivity index (χ0) is 14.2. The normalized spacial score (nSPS) is 14.1. The quantitative estimate of drug-likeness (QED) is 0.532. The van der Waals surface area contributed by atoms with Crippen molar-refractivity contribution in [3.8, 4) is 0 Å². The van der Waals surface area contributed by atoms with Gasteiger partial charge in [-0.1, -0.05) is 36.4 Å². The molecule has 2 heteroatoms. The average Bonchev–Trinajstić information content (AvgIpc) is 2.50. The van der Waals surface area contributed by atoms with Gasteiger partial charge in [-0.25, -0.2) is 4.98 Å². The lowest BCUT2D eigenvalue weighted by Crippen LogP contribution is -2.00. The molecule has 4 bridgehead atoms. The van der Waals surface area contributed by atoms with Crippen LogP contribution in [0, 0.1) is 0 Å². The van der Waals surface area contributed by atoms with Crippen LogP contribution in [-0.2, 0) is 25.7 Å². The molecule has 4 aliphatic carbocycles. The van der Waals surface area contributed by atoms with E-state index in [1.54, 1.807) is 0 Å². The van der Waals surface area contributed by atoms with Crippen molar-refractivity contribution in [2.75, 3.05) is 0 Å². The van der Waals surface area contributed by atoms with Crippen molar-refractivity contribution in [3.05, 3.63) is 75.5 Å². The summed E-state index contributed by atoms with van der Waals surface area (Å²) in [4.78, 5) is 4.44. The molecule has 0 aliphatic heterocycles. The Bertz CT molecular complexity index is 806. The van der Waals surface area contributed by atoms with Crippen molar-refractivity contribution in [2.45, 2.75) is 25.7 Å². The SMILES string of the molecule is Brc1nccc2c3ccc(c12)CCc1ccc(cc1)CC3. The second-order valence-corrected chi connectivity index (χ2v) is 6.48. The van der Waals surface area contributed by atoms with E-state index in [0.29, 0.717) is 0 Å². The summed E-state index contributed by atoms with van der Waals surface area (Å²) in [5.74, 6) is 0. The van der Waals surface area contributed by atoms with Crippen LogP contribution in [0.1, 0.15) is 22.3 Å². The molecule has 21 heavy (non-hydrogen) atoms. The summed E-state index contributed by atoms with van der Waals surface area (Å²) in [6.07, 6.45) is 6.21. The molecule has 7 rings (SSSR count). The second-order valence-electron chi connectivity index (χ2n) is 5.72. The Labute approximate surface area is 133 Å². The Morgan fingerprint density at radius 1 is 0.714 bits per heavy atom. The van der Waals surface area contributed by atoms with Crippen LogP contribution in [0.3, 0.4) is 0 Å². The molecule has 0 amide bonds. The van der Waals surface area contributed by atoms with Crippen molar-refractivity contribution < 1.29 is 0 Å². The predicted octanol–water partition coefficient (Wildman–Crippen LogP) is 4.88. The lowest BCUT2D eigenvalue weighted by molar-refractivity contribution is 0.932. The average molecular weight is 338 g/mol. The molecule has 0 unspecified atom stereocenters. The van der Waals surface area contributed by atoms with Gasteiger partial charge in [0.15, 0.2) is 0 Å². The molecule has 1 nitrogen and oxygen atoms in total. The maximum atomic E-state index is 4.44. The Kier molecular flexibility index (Phi) is 3.27. The fraction of sp³-hybridized carbons (Fsp3) is 0.211. The first-order chi connectivity index (χ1) is 10.3. The van der Waals surface area contributed by atoms with Crippen LogP contribution in [0.25, 0.3) is 10.8 Å². The molecule has 0 N–H and O–H groups in total. The molecule has 1 heterocycles. The van der Waals surface area contributed by atoms with Crippen LogP contribution in [0.2, 0.25) is 0 Å². The summed E-state index contributed by atoms with van der Waals surface area (Å²) in [5, 5.41) is 2.65. The van der Waals surface area contributed by atoms with Gasteiger partial charge in [-0.15, -0.1) is 0 Å². The highest BCUT2D eigenvalue weighted by Gasteiger charge is 2.11. The number of rotatable bonds is 0. The third kappa shape index (κ3) is 2.38. The highest BCUT2D eigenvalue weighted by atomic mass is 79.9. The summed E-state index contributed by atoms with van der Waals surface area (Å²) in [6.45, 7) is 0. The van der Waals surface area contributed by atoms with E-state index in [0.717, 1.165) is 30.3 Å². The molecule has 3 aromatic rings. The van der Waals surface area contributed by atoms with Crippen molar-refractivity contribution in [1.29, 1.82) is 0 Å². The maximum Gasteiger partial charge on any atom is 0.114 e. The Hall–Kier alpha value is -1.67. The van der Waals surface area contributed by atoms with Crippen LogP contribution >= 0.6 is 15.9 Å². The van der Waals surface area contributed by atoms with Crippen molar-refractivity contribution in [2.24, 2.45) is 0 Å². The van der Waals surface area contributed by atoms with Gasteiger partial charge < -0.3 is 0 Å². The molecule has 1 aromatic heterocycles. The lowest BCUT2D eigenvalue weighted by Gasteiger charge is -2.14. The van der Waals surface area contributed by atoms with E-state index in [2.05, 4.69) is 63.4 Å². The summed E-state index contributed by atoms with van der Waals surface area (Å²) >= 11 is 3.65. The molecule has 0 spiro atoms. The van der Waals surface area contributed by atoms with Gasteiger partial charge in [0.2, 0.25) is 0 Å². The van der Waals surface area contributed by atoms with Gasteiger partial charge in [-0.3, -0.25) is 0 Å². The first-order valence-electron chi connectivity index (χ1n) is 7.44. The molecule has 0 fully saturated rings. The topological polar surface area (TPSA) is 12.9 Å². The van der Waals surface area contributed by atoms with Crippen LogP contribution in [-0.4, -0.2) is 4.98 Å². The maximum absolute atomic E-state index is 4.44. The fourth-order valence-electron chi connectivity index (χ4n) is 3.24. The summed E-state index contributed by atoms with van der Waals surface area (Å²) in [5.41, 5.74) is 5.64. The minimum absolute atomic E-state index is 0.975. The monoisotopic (exact) mass is 337 g/mol. The summed E-state index contributed by atoms with van der Waals surface area (Å²) in [6, 6.07) is 15.9. The Morgan fingerprint density at radius 3 is 2.05 bits per heavy atom. The van der Waals surface area contributed by atoms with E-state index < -0.39 is 0 Å². The third-order valence-electron chi connectivity index (χ3n) is 4.45. The van der Waals surface area contributed by atoms with Crippen LogP contribution < -0.4 is 0 Å². The molecule has 0 radical (unpaired) electrons. The summed E-state index contributed by atoms with van der Waals surface area (Å²) in [7, 11) is 0. The number of aryl methyl sites for hydroxylation is 4. The Morgan fingerprint density at radius 2 is 1.33 bits per heavy atom. The van der Waals surface area contributed by atoms with Crippen molar-refractivity contribution in [3.63, 3.8) is 0 Å². The van der Waals surface area contributed by atoms with Gasteiger partial charge >= 0.3 is 0 Å². The lowest BCUT2D eigenvalue weighted by atomic mass is 9.92. The zero-order valence-corrected chi connectivity index (χ0v) is 13.4.